The number of rotatable bonds is 9. The van der Waals surface area contributed by atoms with Crippen molar-refractivity contribution in [1.29, 1.82) is 0 Å². The highest BCUT2D eigenvalue weighted by atomic mass is 32.2. The number of fused-ring (bicyclic) bond motifs is 1. The molecular formula is C34H41F2N5O5S. The number of piperidine rings is 1. The highest BCUT2D eigenvalue weighted by Crippen LogP contribution is 2.52. The summed E-state index contributed by atoms with van der Waals surface area (Å²) in [5.41, 5.74) is 3.43. The number of pyridine rings is 2. The summed E-state index contributed by atoms with van der Waals surface area (Å²) in [6, 6.07) is 7.60. The van der Waals surface area contributed by atoms with Gasteiger partial charge in [-0.05, 0) is 70.3 Å². The first-order valence-corrected chi connectivity index (χ1v) is 17.2. The maximum absolute atomic E-state index is 13.8. The number of amides is 1. The van der Waals surface area contributed by atoms with Gasteiger partial charge in [0, 0.05) is 77.1 Å². The number of hydrogen-bond acceptors (Lipinski definition) is 9. The van der Waals surface area contributed by atoms with Crippen LogP contribution in [0.15, 0.2) is 40.2 Å². The number of alkyl halides is 2. The Morgan fingerprint density at radius 1 is 1.13 bits per heavy atom. The van der Waals surface area contributed by atoms with Crippen molar-refractivity contribution in [3.8, 4) is 22.6 Å². The number of ether oxygens (including phenoxy) is 3. The maximum Gasteiger partial charge on any atom is 0.254 e. The monoisotopic (exact) mass is 669 g/mol. The molecule has 2 aromatic heterocycles. The molecule has 5 heterocycles. The number of carbonyl (C=O) groups excluding carboxylic acids is 1. The first-order valence-electron chi connectivity index (χ1n) is 16.0. The van der Waals surface area contributed by atoms with E-state index in [1.165, 1.54) is 11.8 Å². The zero-order valence-corrected chi connectivity index (χ0v) is 28.0. The Hall–Kier alpha value is -3.68. The number of carbonyl (C=O) groups is 1. The van der Waals surface area contributed by atoms with E-state index in [1.54, 1.807) is 17.2 Å². The third-order valence-corrected chi connectivity index (χ3v) is 10.1. The molecule has 2 N–H and O–H groups in total. The Labute approximate surface area is 277 Å². The van der Waals surface area contributed by atoms with Crippen LogP contribution >= 0.6 is 11.8 Å². The molecule has 3 aromatic rings. The van der Waals surface area contributed by atoms with Crippen molar-refractivity contribution in [1.82, 2.24) is 20.2 Å². The SMILES string of the molecule is CSc1cc(C)[nH]c(=O)c1CNC(=O)c1cc(-c2ccc(N3CCOCC3)nc2)c2c(c1C)O[C@](C)(C1CCN(CC(F)F)CC1)O2. The predicted octanol–water partition coefficient (Wildman–Crippen LogP) is 5.01. The van der Waals surface area contributed by atoms with Gasteiger partial charge in [0.25, 0.3) is 23.7 Å². The van der Waals surface area contributed by atoms with E-state index in [-0.39, 0.29) is 30.5 Å². The minimum Gasteiger partial charge on any atom is -0.448 e. The van der Waals surface area contributed by atoms with Crippen LogP contribution in [0.25, 0.3) is 11.1 Å². The van der Waals surface area contributed by atoms with Crippen molar-refractivity contribution >= 4 is 23.5 Å². The number of likely N-dealkylation sites (tertiary alicyclic amines) is 1. The van der Waals surface area contributed by atoms with E-state index in [4.69, 9.17) is 19.2 Å². The van der Waals surface area contributed by atoms with Crippen LogP contribution in [-0.2, 0) is 11.3 Å². The quantitative estimate of drug-likeness (QED) is 0.304. The Bertz CT molecular complexity index is 1670. The molecule has 13 heteroatoms. The fourth-order valence-corrected chi connectivity index (χ4v) is 7.37. The van der Waals surface area contributed by atoms with Gasteiger partial charge in [-0.2, -0.15) is 0 Å². The zero-order chi connectivity index (χ0) is 33.3. The van der Waals surface area contributed by atoms with E-state index in [9.17, 15) is 18.4 Å². The van der Waals surface area contributed by atoms with Gasteiger partial charge in [-0.25, -0.2) is 13.8 Å². The molecule has 0 aliphatic carbocycles. The summed E-state index contributed by atoms with van der Waals surface area (Å²) in [5.74, 6) is 0.390. The third-order valence-electron chi connectivity index (χ3n) is 9.33. The average molecular weight is 670 g/mol. The molecule has 0 bridgehead atoms. The molecule has 10 nitrogen and oxygen atoms in total. The van der Waals surface area contributed by atoms with Crippen LogP contribution in [0, 0.1) is 19.8 Å². The molecule has 2 fully saturated rings. The standard InChI is InChI=1S/C34H41F2N5O5S/c1-20-15-27(47-4)26(33(43)39-20)18-38-32(42)24-16-25(22-5-6-29(37-17-22)41-11-13-44-14-12-41)31-30(21(24)2)45-34(3,46-31)23-7-9-40(10-8-23)19-28(35)36/h5-6,15-17,23,28H,7-14,18-19H2,1-4H3,(H,38,42)(H,39,43)/t34-/m0/s1. The van der Waals surface area contributed by atoms with Gasteiger partial charge in [-0.3, -0.25) is 14.5 Å². The smallest absolute Gasteiger partial charge is 0.254 e. The van der Waals surface area contributed by atoms with Crippen molar-refractivity contribution in [2.24, 2.45) is 5.92 Å². The van der Waals surface area contributed by atoms with Crippen LogP contribution in [0.4, 0.5) is 14.6 Å². The van der Waals surface area contributed by atoms with Crippen molar-refractivity contribution in [2.75, 3.05) is 57.1 Å². The number of anilines is 1. The summed E-state index contributed by atoms with van der Waals surface area (Å²) in [5, 5.41) is 2.95. The van der Waals surface area contributed by atoms with E-state index >= 15 is 0 Å². The second-order valence-corrected chi connectivity index (χ2v) is 13.3. The zero-order valence-electron chi connectivity index (χ0n) is 27.2. The van der Waals surface area contributed by atoms with Gasteiger partial charge in [-0.15, -0.1) is 11.8 Å². The normalized spacial score (nSPS) is 20.2. The lowest BCUT2D eigenvalue weighted by Crippen LogP contribution is -2.49. The van der Waals surface area contributed by atoms with E-state index < -0.39 is 12.2 Å². The van der Waals surface area contributed by atoms with Gasteiger partial charge in [-0.1, -0.05) is 0 Å². The molecule has 1 aromatic carbocycles. The van der Waals surface area contributed by atoms with E-state index in [2.05, 4.69) is 15.2 Å². The maximum atomic E-state index is 13.8. The van der Waals surface area contributed by atoms with Crippen LogP contribution in [0.5, 0.6) is 11.5 Å². The first-order chi connectivity index (χ1) is 22.6. The van der Waals surface area contributed by atoms with Crippen molar-refractivity contribution in [2.45, 2.75) is 57.3 Å². The number of morpholine rings is 1. The number of benzene rings is 1. The summed E-state index contributed by atoms with van der Waals surface area (Å²) in [6.07, 6.45) is 2.57. The van der Waals surface area contributed by atoms with Gasteiger partial charge in [0.15, 0.2) is 11.5 Å². The summed E-state index contributed by atoms with van der Waals surface area (Å²) < 4.78 is 44.8. The number of nitrogens with one attached hydrogen (secondary N) is 2. The summed E-state index contributed by atoms with van der Waals surface area (Å²) >= 11 is 1.45. The second-order valence-electron chi connectivity index (χ2n) is 12.5. The van der Waals surface area contributed by atoms with Gasteiger partial charge >= 0.3 is 0 Å². The number of aromatic amines is 1. The Balaban J connectivity index is 1.32. The van der Waals surface area contributed by atoms with Crippen LogP contribution in [0.1, 0.15) is 46.9 Å². The Morgan fingerprint density at radius 2 is 1.85 bits per heavy atom. The van der Waals surface area contributed by atoms with Crippen molar-refractivity contribution in [3.05, 3.63) is 63.2 Å². The van der Waals surface area contributed by atoms with Gasteiger partial charge in [0.2, 0.25) is 0 Å². The lowest BCUT2D eigenvalue weighted by molar-refractivity contribution is -0.126. The molecule has 0 radical (unpaired) electrons. The molecule has 6 rings (SSSR count). The number of nitrogens with zero attached hydrogens (tertiary/aromatic N) is 3. The average Bonchev–Trinajstić information content (AvgIpc) is 3.43. The van der Waals surface area contributed by atoms with E-state index in [0.29, 0.717) is 72.9 Å². The minimum absolute atomic E-state index is 0.0478. The highest BCUT2D eigenvalue weighted by Gasteiger charge is 2.47. The molecule has 252 valence electrons. The van der Waals surface area contributed by atoms with Gasteiger partial charge in [0.05, 0.1) is 19.8 Å². The molecule has 2 saturated heterocycles. The molecule has 0 spiro atoms. The topological polar surface area (TPSA) is 109 Å². The number of halogens is 2. The third kappa shape index (κ3) is 6.97. The molecule has 3 aliphatic heterocycles. The molecule has 0 saturated carbocycles. The largest absolute Gasteiger partial charge is 0.448 e. The summed E-state index contributed by atoms with van der Waals surface area (Å²) in [6.45, 7) is 9.19. The molecule has 47 heavy (non-hydrogen) atoms. The second kappa shape index (κ2) is 13.8. The lowest BCUT2D eigenvalue weighted by atomic mass is 9.89. The van der Waals surface area contributed by atoms with Crippen molar-refractivity contribution < 1.29 is 27.8 Å². The highest BCUT2D eigenvalue weighted by molar-refractivity contribution is 7.98. The summed E-state index contributed by atoms with van der Waals surface area (Å²) in [4.78, 5) is 38.9. The minimum atomic E-state index is -2.37. The number of aromatic nitrogens is 2. The van der Waals surface area contributed by atoms with Crippen molar-refractivity contribution in [3.63, 3.8) is 0 Å². The Morgan fingerprint density at radius 3 is 2.51 bits per heavy atom. The predicted molar refractivity (Wildman–Crippen MR) is 177 cm³/mol. The molecule has 3 aliphatic rings. The summed E-state index contributed by atoms with van der Waals surface area (Å²) in [7, 11) is 0. The van der Waals surface area contributed by atoms with Gasteiger partial charge in [0.1, 0.15) is 5.82 Å². The van der Waals surface area contributed by atoms with E-state index in [0.717, 1.165) is 35.1 Å². The number of H-pyrrole nitrogens is 1. The Kier molecular flexibility index (Phi) is 9.77. The lowest BCUT2D eigenvalue weighted by Gasteiger charge is -2.38. The molecule has 1 amide bonds. The number of thioether (sulfide) groups is 1. The number of hydrogen-bond donors (Lipinski definition) is 2. The number of aryl methyl sites for hydroxylation is 1. The van der Waals surface area contributed by atoms with Crippen LogP contribution in [0.2, 0.25) is 0 Å². The fraction of sp³-hybridized carbons (Fsp3) is 0.500. The fourth-order valence-electron chi connectivity index (χ4n) is 6.66. The van der Waals surface area contributed by atoms with Crippen LogP contribution in [-0.4, -0.2) is 85.2 Å². The van der Waals surface area contributed by atoms with Crippen LogP contribution in [0.3, 0.4) is 0 Å². The van der Waals surface area contributed by atoms with E-state index in [1.807, 2.05) is 45.2 Å². The molecule has 1 atom stereocenters. The van der Waals surface area contributed by atoms with Gasteiger partial charge < -0.3 is 29.4 Å². The molecular weight excluding hydrogens is 628 g/mol. The van der Waals surface area contributed by atoms with Crippen LogP contribution < -0.4 is 25.2 Å². The first kappa shape index (κ1) is 33.2. The molecule has 0 unspecified atom stereocenters.